The molecule has 27 heavy (non-hydrogen) atoms. The van der Waals surface area contributed by atoms with Crippen LogP contribution < -0.4 is 4.90 Å². The summed E-state index contributed by atoms with van der Waals surface area (Å²) in [6.07, 6.45) is 0. The number of thioether (sulfide) groups is 1. The van der Waals surface area contributed by atoms with Crippen molar-refractivity contribution in [2.45, 2.75) is 11.8 Å². The lowest BCUT2D eigenvalue weighted by Gasteiger charge is -2.15. The molecule has 0 spiro atoms. The first-order valence-corrected chi connectivity index (χ1v) is 10.3. The maximum absolute atomic E-state index is 13.2. The van der Waals surface area contributed by atoms with Crippen molar-refractivity contribution in [3.63, 3.8) is 0 Å². The third-order valence-corrected chi connectivity index (χ3v) is 6.36. The standard InChI is InChI=1S/C21H14ClNO2S2/c1-13-4-8-15(9-5-13)23-20(24)18(17-3-2-12-26-17)19(21(23)25)27-16-10-6-14(22)7-11-16/h2-12H,1H3. The van der Waals surface area contributed by atoms with Crippen LogP contribution in [0.25, 0.3) is 5.57 Å². The largest absolute Gasteiger partial charge is 0.272 e. The maximum Gasteiger partial charge on any atom is 0.272 e. The molecule has 0 saturated heterocycles. The smallest absolute Gasteiger partial charge is 0.268 e. The van der Waals surface area contributed by atoms with Gasteiger partial charge in [0.25, 0.3) is 11.8 Å². The molecule has 0 bridgehead atoms. The molecule has 1 aliphatic rings. The van der Waals surface area contributed by atoms with Crippen molar-refractivity contribution in [1.29, 1.82) is 0 Å². The van der Waals surface area contributed by atoms with E-state index >= 15 is 0 Å². The highest BCUT2D eigenvalue weighted by Crippen LogP contribution is 2.42. The molecular formula is C21H14ClNO2S2. The number of amides is 2. The van der Waals surface area contributed by atoms with Gasteiger partial charge >= 0.3 is 0 Å². The highest BCUT2D eigenvalue weighted by Gasteiger charge is 2.40. The van der Waals surface area contributed by atoms with Crippen LogP contribution in [-0.4, -0.2) is 11.8 Å². The van der Waals surface area contributed by atoms with E-state index in [4.69, 9.17) is 11.6 Å². The van der Waals surface area contributed by atoms with Gasteiger partial charge in [-0.1, -0.05) is 47.1 Å². The number of nitrogens with zero attached hydrogens (tertiary/aromatic N) is 1. The fourth-order valence-electron chi connectivity index (χ4n) is 2.79. The summed E-state index contributed by atoms with van der Waals surface area (Å²) in [5.74, 6) is -0.588. The van der Waals surface area contributed by atoms with E-state index < -0.39 is 0 Å². The quantitative estimate of drug-likeness (QED) is 0.510. The van der Waals surface area contributed by atoms with E-state index in [0.717, 1.165) is 15.3 Å². The molecule has 0 radical (unpaired) electrons. The Hall–Kier alpha value is -2.34. The van der Waals surface area contributed by atoms with Gasteiger partial charge in [0.1, 0.15) is 0 Å². The lowest BCUT2D eigenvalue weighted by Crippen LogP contribution is -2.31. The van der Waals surface area contributed by atoms with Gasteiger partial charge in [0.05, 0.1) is 16.2 Å². The Balaban J connectivity index is 1.78. The molecule has 0 atom stereocenters. The van der Waals surface area contributed by atoms with Gasteiger partial charge in [-0.05, 0) is 54.8 Å². The van der Waals surface area contributed by atoms with Crippen LogP contribution in [0.5, 0.6) is 0 Å². The Kier molecular flexibility index (Phi) is 4.91. The number of carbonyl (C=O) groups is 2. The Labute approximate surface area is 170 Å². The van der Waals surface area contributed by atoms with E-state index in [1.807, 2.05) is 48.7 Å². The number of rotatable bonds is 4. The third kappa shape index (κ3) is 3.46. The molecule has 3 nitrogen and oxygen atoms in total. The molecular weight excluding hydrogens is 398 g/mol. The average molecular weight is 412 g/mol. The molecule has 0 fully saturated rings. The van der Waals surface area contributed by atoms with E-state index in [1.54, 1.807) is 24.3 Å². The molecule has 1 aromatic heterocycles. The minimum absolute atomic E-state index is 0.289. The van der Waals surface area contributed by atoms with Gasteiger partial charge in [0.2, 0.25) is 0 Å². The van der Waals surface area contributed by atoms with Crippen LogP contribution in [0.3, 0.4) is 0 Å². The molecule has 134 valence electrons. The summed E-state index contributed by atoms with van der Waals surface area (Å²) < 4.78 is 0. The van der Waals surface area contributed by atoms with Crippen LogP contribution in [0.15, 0.2) is 75.8 Å². The number of carbonyl (C=O) groups excluding carboxylic acids is 2. The molecule has 0 unspecified atom stereocenters. The number of thiophene rings is 1. The summed E-state index contributed by atoms with van der Waals surface area (Å²) in [6, 6.07) is 18.4. The van der Waals surface area contributed by atoms with E-state index in [0.29, 0.717) is 21.2 Å². The predicted molar refractivity (Wildman–Crippen MR) is 112 cm³/mol. The zero-order valence-corrected chi connectivity index (χ0v) is 16.7. The van der Waals surface area contributed by atoms with Crippen LogP contribution >= 0.6 is 34.7 Å². The van der Waals surface area contributed by atoms with Crippen molar-refractivity contribution >= 4 is 57.8 Å². The summed E-state index contributed by atoms with van der Waals surface area (Å²) in [5, 5.41) is 2.53. The summed E-state index contributed by atoms with van der Waals surface area (Å²) in [5.41, 5.74) is 2.10. The van der Waals surface area contributed by atoms with Crippen molar-refractivity contribution in [2.24, 2.45) is 0 Å². The minimum Gasteiger partial charge on any atom is -0.268 e. The van der Waals surface area contributed by atoms with Crippen LogP contribution in [0.4, 0.5) is 5.69 Å². The number of anilines is 1. The van der Waals surface area contributed by atoms with E-state index in [9.17, 15) is 9.59 Å². The average Bonchev–Trinajstić information content (AvgIpc) is 3.26. The first-order valence-electron chi connectivity index (χ1n) is 8.21. The lowest BCUT2D eigenvalue weighted by molar-refractivity contribution is -0.119. The topological polar surface area (TPSA) is 37.4 Å². The lowest BCUT2D eigenvalue weighted by atomic mass is 10.2. The monoisotopic (exact) mass is 411 g/mol. The van der Waals surface area contributed by atoms with Crippen molar-refractivity contribution in [3.8, 4) is 0 Å². The second kappa shape index (κ2) is 7.35. The minimum atomic E-state index is -0.299. The van der Waals surface area contributed by atoms with Crippen LogP contribution in [0.2, 0.25) is 5.02 Å². The Bertz CT molecular complexity index is 1040. The summed E-state index contributed by atoms with van der Waals surface area (Å²) >= 11 is 8.70. The fourth-order valence-corrected chi connectivity index (χ4v) is 4.74. The summed E-state index contributed by atoms with van der Waals surface area (Å²) in [7, 11) is 0. The summed E-state index contributed by atoms with van der Waals surface area (Å²) in [4.78, 5) is 29.7. The molecule has 6 heteroatoms. The maximum atomic E-state index is 13.2. The number of benzene rings is 2. The molecule has 2 heterocycles. The van der Waals surface area contributed by atoms with E-state index in [2.05, 4.69) is 0 Å². The Morgan fingerprint density at radius 1 is 0.926 bits per heavy atom. The summed E-state index contributed by atoms with van der Waals surface area (Å²) in [6.45, 7) is 1.97. The predicted octanol–water partition coefficient (Wildman–Crippen LogP) is 5.79. The number of halogens is 1. The van der Waals surface area contributed by atoms with Gasteiger partial charge < -0.3 is 0 Å². The highest BCUT2D eigenvalue weighted by molar-refractivity contribution is 8.04. The second-order valence-corrected chi connectivity index (χ2v) is 8.49. The molecule has 0 aliphatic carbocycles. The molecule has 4 rings (SSSR count). The van der Waals surface area contributed by atoms with Crippen molar-refractivity contribution in [2.75, 3.05) is 4.90 Å². The van der Waals surface area contributed by atoms with Crippen molar-refractivity contribution in [3.05, 3.63) is 86.4 Å². The number of hydrogen-bond donors (Lipinski definition) is 0. The normalized spacial score (nSPS) is 14.4. The second-order valence-electron chi connectivity index (χ2n) is 6.02. The van der Waals surface area contributed by atoms with Crippen molar-refractivity contribution < 1.29 is 9.59 Å². The first-order chi connectivity index (χ1) is 13.0. The number of imide groups is 1. The Morgan fingerprint density at radius 3 is 2.26 bits per heavy atom. The van der Waals surface area contributed by atoms with Crippen LogP contribution in [0.1, 0.15) is 10.4 Å². The molecule has 3 aromatic rings. The highest BCUT2D eigenvalue weighted by atomic mass is 35.5. The van der Waals surface area contributed by atoms with Gasteiger partial charge in [0.15, 0.2) is 0 Å². The van der Waals surface area contributed by atoms with Gasteiger partial charge in [-0.2, -0.15) is 0 Å². The molecule has 0 saturated carbocycles. The van der Waals surface area contributed by atoms with Gasteiger partial charge in [-0.3, -0.25) is 9.59 Å². The first kappa shape index (κ1) is 18.0. The molecule has 1 aliphatic heterocycles. The van der Waals surface area contributed by atoms with Crippen molar-refractivity contribution in [1.82, 2.24) is 0 Å². The van der Waals surface area contributed by atoms with Gasteiger partial charge in [0, 0.05) is 14.8 Å². The zero-order chi connectivity index (χ0) is 19.0. The molecule has 0 N–H and O–H groups in total. The molecule has 2 aromatic carbocycles. The zero-order valence-electron chi connectivity index (χ0n) is 14.3. The van der Waals surface area contributed by atoms with E-state index in [1.165, 1.54) is 28.0 Å². The molecule has 2 amide bonds. The SMILES string of the molecule is Cc1ccc(N2C(=O)C(Sc3ccc(Cl)cc3)=C(c3cccs3)C2=O)cc1. The van der Waals surface area contributed by atoms with Crippen LogP contribution in [-0.2, 0) is 9.59 Å². The number of aryl methyl sites for hydroxylation is 1. The Morgan fingerprint density at radius 2 is 1.63 bits per heavy atom. The third-order valence-electron chi connectivity index (χ3n) is 4.13. The van der Waals surface area contributed by atoms with Gasteiger partial charge in [-0.25, -0.2) is 4.90 Å². The fraction of sp³-hybridized carbons (Fsp3) is 0.0476. The number of hydrogen-bond acceptors (Lipinski definition) is 4. The van der Waals surface area contributed by atoms with Gasteiger partial charge in [-0.15, -0.1) is 11.3 Å². The van der Waals surface area contributed by atoms with Crippen LogP contribution in [0, 0.1) is 6.92 Å². The van der Waals surface area contributed by atoms with E-state index in [-0.39, 0.29) is 11.8 Å².